The van der Waals surface area contributed by atoms with Crippen LogP contribution >= 0.6 is 11.3 Å². The molecule has 3 rings (SSSR count). The summed E-state index contributed by atoms with van der Waals surface area (Å²) in [7, 11) is 1.56. The number of β-lactam (4-membered cyclic amide) rings is 1. The number of nitrogens with two attached hydrogens (primary N) is 1. The molecule has 1 aliphatic heterocycles. The van der Waals surface area contributed by atoms with Gasteiger partial charge in [-0.3, -0.25) is 19.2 Å². The minimum absolute atomic E-state index is 0.0272. The first-order valence-electron chi connectivity index (χ1n) is 9.83. The molecular weight excluding hydrogens is 470 g/mol. The molecule has 3 heterocycles. The SMILES string of the molecule is C=C(NCC(=O)OC[C@H]1NC(=O)[C@H]1NC(=O)C(NC)c1csc(N)n1)c1cc(=O)c(O)cn1O. The Kier molecular flexibility index (Phi) is 7.37. The highest BCUT2D eigenvalue weighted by atomic mass is 32.1. The number of ether oxygens (including phenoxy) is 1. The van der Waals surface area contributed by atoms with Gasteiger partial charge in [-0.15, -0.1) is 11.3 Å². The van der Waals surface area contributed by atoms with Crippen LogP contribution in [0, 0.1) is 0 Å². The van der Waals surface area contributed by atoms with Crippen LogP contribution in [0.15, 0.2) is 29.0 Å². The number of aromatic nitrogens is 2. The molecule has 0 aromatic carbocycles. The van der Waals surface area contributed by atoms with E-state index in [4.69, 9.17) is 10.5 Å². The summed E-state index contributed by atoms with van der Waals surface area (Å²) in [5.74, 6) is -2.30. The summed E-state index contributed by atoms with van der Waals surface area (Å²) in [5, 5.41) is 31.5. The fourth-order valence-corrected chi connectivity index (χ4v) is 3.66. The van der Waals surface area contributed by atoms with Gasteiger partial charge in [0.25, 0.3) is 0 Å². The fraction of sp³-hybridized carbons (Fsp3) is 0.316. The average molecular weight is 494 g/mol. The molecule has 1 unspecified atom stereocenters. The van der Waals surface area contributed by atoms with E-state index in [1.165, 1.54) is 11.3 Å². The van der Waals surface area contributed by atoms with Gasteiger partial charge in [0.15, 0.2) is 10.9 Å². The van der Waals surface area contributed by atoms with Crippen molar-refractivity contribution >= 4 is 39.9 Å². The molecule has 34 heavy (non-hydrogen) atoms. The third-order valence-corrected chi connectivity index (χ3v) is 5.58. The molecule has 15 heteroatoms. The standard InChI is InChI=1S/C19H23N7O7S/c1-8(11-3-12(27)13(28)5-26(11)32)22-4-14(29)33-6-9-16(18(31)23-9)25-17(30)15(21-2)10-7-34-19(20)24-10/h3,5,7,9,15-16,21-22,28,32H,1,4,6H2,2H3,(H2,20,24)(H,23,31)(H,25,30)/t9-,15?,16+/m1/s1. The van der Waals surface area contributed by atoms with Crippen molar-refractivity contribution in [3.05, 3.63) is 45.8 Å². The highest BCUT2D eigenvalue weighted by Gasteiger charge is 2.42. The lowest BCUT2D eigenvalue weighted by molar-refractivity contribution is -0.148. The number of thiazole rings is 1. The van der Waals surface area contributed by atoms with Gasteiger partial charge in [0, 0.05) is 11.4 Å². The Bertz CT molecular complexity index is 1180. The molecular formula is C19H23N7O7S. The summed E-state index contributed by atoms with van der Waals surface area (Å²) < 4.78 is 5.60. The first kappa shape index (κ1) is 24.5. The second kappa shape index (κ2) is 10.2. The Morgan fingerprint density at radius 1 is 1.44 bits per heavy atom. The Labute approximate surface area is 196 Å². The summed E-state index contributed by atoms with van der Waals surface area (Å²) in [5.41, 5.74) is 5.25. The lowest BCUT2D eigenvalue weighted by Gasteiger charge is -2.37. The first-order valence-corrected chi connectivity index (χ1v) is 10.7. The molecule has 2 aromatic heterocycles. The number of nitrogens with one attached hydrogen (secondary N) is 4. The number of amides is 2. The van der Waals surface area contributed by atoms with Crippen LogP contribution < -0.4 is 32.4 Å². The minimum atomic E-state index is -0.907. The number of hydrogen-bond donors (Lipinski definition) is 7. The number of anilines is 1. The zero-order chi connectivity index (χ0) is 25.0. The fourth-order valence-electron chi connectivity index (χ4n) is 3.07. The zero-order valence-corrected chi connectivity index (χ0v) is 18.7. The summed E-state index contributed by atoms with van der Waals surface area (Å²) in [6.07, 6.45) is 0.790. The molecule has 2 aromatic rings. The van der Waals surface area contributed by atoms with Crippen LogP contribution in [0.3, 0.4) is 0 Å². The van der Waals surface area contributed by atoms with E-state index in [1.54, 1.807) is 12.4 Å². The average Bonchev–Trinajstić information content (AvgIpc) is 3.21. The molecule has 1 fully saturated rings. The van der Waals surface area contributed by atoms with E-state index in [1.807, 2.05) is 0 Å². The lowest BCUT2D eigenvalue weighted by Crippen LogP contribution is -2.71. The van der Waals surface area contributed by atoms with Crippen molar-refractivity contribution in [2.24, 2.45) is 0 Å². The van der Waals surface area contributed by atoms with E-state index in [0.29, 0.717) is 15.6 Å². The van der Waals surface area contributed by atoms with Gasteiger partial charge in [-0.2, -0.15) is 4.73 Å². The lowest BCUT2D eigenvalue weighted by atomic mass is 9.99. The van der Waals surface area contributed by atoms with Gasteiger partial charge < -0.3 is 42.1 Å². The van der Waals surface area contributed by atoms with Crippen molar-refractivity contribution < 1.29 is 29.4 Å². The number of nitrogens with zero attached hydrogens (tertiary/aromatic N) is 2. The van der Waals surface area contributed by atoms with E-state index in [-0.39, 0.29) is 24.5 Å². The van der Waals surface area contributed by atoms with Gasteiger partial charge in [0.1, 0.15) is 30.9 Å². The zero-order valence-electron chi connectivity index (χ0n) is 17.9. The summed E-state index contributed by atoms with van der Waals surface area (Å²) in [4.78, 5) is 52.1. The Hall–Kier alpha value is -4.11. The quantitative estimate of drug-likeness (QED) is 0.108. The topological polar surface area (TPSA) is 210 Å². The number of nitrogen functional groups attached to an aromatic ring is 1. The van der Waals surface area contributed by atoms with E-state index in [9.17, 15) is 29.5 Å². The Morgan fingerprint density at radius 3 is 2.79 bits per heavy atom. The molecule has 1 saturated heterocycles. The number of hydrogen-bond acceptors (Lipinski definition) is 12. The maximum atomic E-state index is 12.6. The number of pyridine rings is 1. The summed E-state index contributed by atoms with van der Waals surface area (Å²) in [6, 6.07) is -1.42. The molecule has 14 nitrogen and oxygen atoms in total. The van der Waals surface area contributed by atoms with Crippen molar-refractivity contribution in [3.63, 3.8) is 0 Å². The van der Waals surface area contributed by atoms with Crippen molar-refractivity contribution in [1.82, 2.24) is 31.0 Å². The number of carbonyl (C=O) groups excluding carboxylic acids is 3. The molecule has 0 bridgehead atoms. The van der Waals surface area contributed by atoms with Crippen LogP contribution in [0.2, 0.25) is 0 Å². The number of rotatable bonds is 10. The number of carbonyl (C=O) groups is 3. The molecule has 0 spiro atoms. The van der Waals surface area contributed by atoms with Gasteiger partial charge in [0.05, 0.1) is 23.6 Å². The third-order valence-electron chi connectivity index (χ3n) is 4.89. The molecule has 182 valence electrons. The number of likely N-dealkylation sites (N-methyl/N-ethyl adjacent to an activating group) is 1. The molecule has 1 aliphatic rings. The normalized spacial score (nSPS) is 17.7. The second-order valence-electron chi connectivity index (χ2n) is 7.20. The van der Waals surface area contributed by atoms with Gasteiger partial charge in [-0.1, -0.05) is 6.58 Å². The van der Waals surface area contributed by atoms with Gasteiger partial charge in [-0.25, -0.2) is 4.98 Å². The van der Waals surface area contributed by atoms with Crippen molar-refractivity contribution in [2.45, 2.75) is 18.1 Å². The largest absolute Gasteiger partial charge is 0.503 e. The second-order valence-corrected chi connectivity index (χ2v) is 8.09. The number of esters is 1. The molecule has 0 radical (unpaired) electrons. The van der Waals surface area contributed by atoms with Crippen LogP contribution in [-0.4, -0.2) is 70.1 Å². The maximum Gasteiger partial charge on any atom is 0.325 e. The molecule has 3 atom stereocenters. The van der Waals surface area contributed by atoms with Crippen molar-refractivity contribution in [1.29, 1.82) is 0 Å². The molecule has 2 amide bonds. The van der Waals surface area contributed by atoms with Crippen molar-refractivity contribution in [3.8, 4) is 5.75 Å². The van der Waals surface area contributed by atoms with Crippen LogP contribution in [0.5, 0.6) is 5.75 Å². The van der Waals surface area contributed by atoms with E-state index >= 15 is 0 Å². The molecule has 8 N–H and O–H groups in total. The summed E-state index contributed by atoms with van der Waals surface area (Å²) >= 11 is 1.18. The minimum Gasteiger partial charge on any atom is -0.503 e. The predicted octanol–water partition coefficient (Wildman–Crippen LogP) is -2.12. The van der Waals surface area contributed by atoms with E-state index in [2.05, 4.69) is 32.8 Å². The van der Waals surface area contributed by atoms with Crippen LogP contribution in [0.4, 0.5) is 5.13 Å². The van der Waals surface area contributed by atoms with E-state index < -0.39 is 47.1 Å². The highest BCUT2D eigenvalue weighted by molar-refractivity contribution is 7.13. The van der Waals surface area contributed by atoms with Crippen LogP contribution in [0.1, 0.15) is 17.4 Å². The molecule has 0 saturated carbocycles. The van der Waals surface area contributed by atoms with E-state index in [0.717, 1.165) is 12.3 Å². The first-order chi connectivity index (χ1) is 16.1. The Balaban J connectivity index is 1.48. The number of aromatic hydroxyl groups is 1. The van der Waals surface area contributed by atoms with Crippen LogP contribution in [0.25, 0.3) is 5.70 Å². The third kappa shape index (κ3) is 5.44. The smallest absolute Gasteiger partial charge is 0.325 e. The van der Waals surface area contributed by atoms with Gasteiger partial charge >= 0.3 is 5.97 Å². The highest BCUT2D eigenvalue weighted by Crippen LogP contribution is 2.19. The monoisotopic (exact) mass is 493 g/mol. The predicted molar refractivity (Wildman–Crippen MR) is 120 cm³/mol. The van der Waals surface area contributed by atoms with Gasteiger partial charge in [0.2, 0.25) is 17.2 Å². The Morgan fingerprint density at radius 2 is 2.18 bits per heavy atom. The maximum absolute atomic E-state index is 12.6. The van der Waals surface area contributed by atoms with Crippen LogP contribution in [-0.2, 0) is 19.1 Å². The summed E-state index contributed by atoms with van der Waals surface area (Å²) in [6.45, 7) is 3.04. The van der Waals surface area contributed by atoms with Crippen molar-refractivity contribution in [2.75, 3.05) is 25.9 Å². The van der Waals surface area contributed by atoms with Gasteiger partial charge in [-0.05, 0) is 7.05 Å². The molecule has 0 aliphatic carbocycles.